The second kappa shape index (κ2) is 18.2. The molecular weight excluding hydrogens is 446 g/mol. The molecule has 0 amide bonds. The molecule has 7 nitrogen and oxygen atoms in total. The quantitative estimate of drug-likeness (QED) is 0.130. The van der Waals surface area contributed by atoms with E-state index in [2.05, 4.69) is 6.92 Å². The van der Waals surface area contributed by atoms with Crippen molar-refractivity contribution >= 4 is 5.78 Å². The van der Waals surface area contributed by atoms with E-state index in [1.807, 2.05) is 6.08 Å². The van der Waals surface area contributed by atoms with Crippen LogP contribution < -0.4 is 19.9 Å². The molecule has 200 valence electrons. The number of ketones is 1. The van der Waals surface area contributed by atoms with Gasteiger partial charge >= 0.3 is 0 Å². The number of methoxy groups -OCH3 is 3. The second-order valence-electron chi connectivity index (χ2n) is 9.04. The fourth-order valence-corrected chi connectivity index (χ4v) is 4.05. The summed E-state index contributed by atoms with van der Waals surface area (Å²) in [5.74, 6) is 0.303. The molecule has 0 saturated carbocycles. The van der Waals surface area contributed by atoms with Crippen LogP contribution in [0.15, 0.2) is 24.3 Å². The molecule has 1 aromatic carbocycles. The van der Waals surface area contributed by atoms with Crippen LogP contribution in [0, 0.1) is 0 Å². The van der Waals surface area contributed by atoms with E-state index in [-0.39, 0.29) is 5.56 Å². The third-order valence-corrected chi connectivity index (χ3v) is 6.28. The van der Waals surface area contributed by atoms with Crippen LogP contribution in [0.3, 0.4) is 0 Å². The second-order valence-corrected chi connectivity index (χ2v) is 9.04. The number of allylic oxidation sites excluding steroid dienone is 1. The van der Waals surface area contributed by atoms with E-state index in [1.54, 1.807) is 6.08 Å². The Morgan fingerprint density at radius 1 is 0.857 bits per heavy atom. The smallest absolute Gasteiger partial charge is 0.203 e. The average Bonchev–Trinajstić information content (AvgIpc) is 2.88. The predicted octanol–water partition coefficient (Wildman–Crippen LogP) is 5.20. The molecule has 0 heterocycles. The Morgan fingerprint density at radius 2 is 1.34 bits per heavy atom. The van der Waals surface area contributed by atoms with Gasteiger partial charge in [-0.15, -0.1) is 0 Å². The van der Waals surface area contributed by atoms with Gasteiger partial charge in [-0.3, -0.25) is 4.79 Å². The number of Topliss-reactive ketones (excluding diaryl/α,β-unsaturated/α-hetero) is 1. The summed E-state index contributed by atoms with van der Waals surface area (Å²) in [6.07, 6.45) is 15.6. The SMILES string of the molecule is CCCCCCCCCCCCC/C=C/[C@@H](O)[C@@H](N)C(O)C(=O)c1cc(OC)c(OC)c(OC)c1. The van der Waals surface area contributed by atoms with Gasteiger partial charge in [-0.2, -0.15) is 0 Å². The first-order chi connectivity index (χ1) is 16.9. The van der Waals surface area contributed by atoms with Crippen molar-refractivity contribution in [2.24, 2.45) is 5.73 Å². The monoisotopic (exact) mass is 493 g/mol. The van der Waals surface area contributed by atoms with Gasteiger partial charge in [-0.25, -0.2) is 0 Å². The summed E-state index contributed by atoms with van der Waals surface area (Å²) >= 11 is 0. The topological polar surface area (TPSA) is 111 Å². The highest BCUT2D eigenvalue weighted by Gasteiger charge is 2.30. The molecule has 35 heavy (non-hydrogen) atoms. The molecule has 0 saturated heterocycles. The number of rotatable bonds is 20. The van der Waals surface area contributed by atoms with Crippen molar-refractivity contribution in [1.82, 2.24) is 0 Å². The van der Waals surface area contributed by atoms with Crippen molar-refractivity contribution in [3.05, 3.63) is 29.8 Å². The zero-order valence-electron chi connectivity index (χ0n) is 22.1. The van der Waals surface area contributed by atoms with Crippen LogP contribution >= 0.6 is 0 Å². The Morgan fingerprint density at radius 3 is 1.80 bits per heavy atom. The van der Waals surface area contributed by atoms with Gasteiger partial charge < -0.3 is 30.2 Å². The number of unbranched alkanes of at least 4 members (excludes halogenated alkanes) is 11. The lowest BCUT2D eigenvalue weighted by molar-refractivity contribution is 0.0535. The molecule has 7 heteroatoms. The van der Waals surface area contributed by atoms with Gasteiger partial charge in [-0.1, -0.05) is 83.3 Å². The van der Waals surface area contributed by atoms with Gasteiger partial charge in [0.15, 0.2) is 17.3 Å². The van der Waals surface area contributed by atoms with Crippen molar-refractivity contribution in [3.8, 4) is 17.2 Å². The van der Waals surface area contributed by atoms with Crippen LogP contribution in [0.4, 0.5) is 0 Å². The molecule has 0 spiro atoms. The fraction of sp³-hybridized carbons (Fsp3) is 0.679. The van der Waals surface area contributed by atoms with Crippen LogP contribution in [0.5, 0.6) is 17.2 Å². The lowest BCUT2D eigenvalue weighted by Crippen LogP contribution is -2.47. The minimum atomic E-state index is -1.58. The molecule has 0 aliphatic heterocycles. The molecule has 4 N–H and O–H groups in total. The summed E-state index contributed by atoms with van der Waals surface area (Å²) in [7, 11) is 4.35. The maximum absolute atomic E-state index is 12.8. The zero-order chi connectivity index (χ0) is 26.1. The van der Waals surface area contributed by atoms with Gasteiger partial charge in [0.1, 0.15) is 6.10 Å². The molecule has 1 rings (SSSR count). The summed E-state index contributed by atoms with van der Waals surface area (Å²) in [6.45, 7) is 2.24. The summed E-state index contributed by atoms with van der Waals surface area (Å²) < 4.78 is 15.8. The molecule has 3 atom stereocenters. The van der Waals surface area contributed by atoms with Crippen LogP contribution in [-0.4, -0.2) is 55.6 Å². The summed E-state index contributed by atoms with van der Waals surface area (Å²) in [5.41, 5.74) is 6.14. The highest BCUT2D eigenvalue weighted by atomic mass is 16.5. The number of nitrogens with two attached hydrogens (primary N) is 1. The minimum absolute atomic E-state index is 0.152. The van der Waals surface area contributed by atoms with Crippen molar-refractivity contribution in [1.29, 1.82) is 0 Å². The first kappa shape index (κ1) is 30.9. The van der Waals surface area contributed by atoms with Gasteiger partial charge in [0, 0.05) is 5.56 Å². The largest absolute Gasteiger partial charge is 0.493 e. The molecule has 0 radical (unpaired) electrons. The van der Waals surface area contributed by atoms with Gasteiger partial charge in [-0.05, 0) is 25.0 Å². The molecule has 1 unspecified atom stereocenters. The maximum atomic E-state index is 12.8. The molecule has 0 bridgehead atoms. The molecule has 0 aliphatic carbocycles. The van der Waals surface area contributed by atoms with Crippen LogP contribution in [0.2, 0.25) is 0 Å². The van der Waals surface area contributed by atoms with Crippen molar-refractivity contribution < 1.29 is 29.2 Å². The third kappa shape index (κ3) is 11.0. The lowest BCUT2D eigenvalue weighted by atomic mass is 9.96. The summed E-state index contributed by atoms with van der Waals surface area (Å²) in [6, 6.07) is 1.75. The van der Waals surface area contributed by atoms with E-state index < -0.39 is 24.0 Å². The van der Waals surface area contributed by atoms with Crippen LogP contribution in [0.1, 0.15) is 94.3 Å². The van der Waals surface area contributed by atoms with E-state index in [4.69, 9.17) is 19.9 Å². The first-order valence-electron chi connectivity index (χ1n) is 13.0. The van der Waals surface area contributed by atoms with Gasteiger partial charge in [0.2, 0.25) is 5.75 Å². The average molecular weight is 494 g/mol. The Kier molecular flexibility index (Phi) is 16.1. The normalized spacial score (nSPS) is 14.0. The first-order valence-corrected chi connectivity index (χ1v) is 13.0. The molecule has 0 aromatic heterocycles. The number of hydrogen-bond acceptors (Lipinski definition) is 7. The zero-order valence-corrected chi connectivity index (χ0v) is 22.1. The van der Waals surface area contributed by atoms with E-state index in [9.17, 15) is 15.0 Å². The number of carbonyl (C=O) groups is 1. The number of ether oxygens (including phenoxy) is 3. The Hall–Kier alpha value is -2.09. The number of aliphatic hydroxyl groups excluding tert-OH is 2. The molecule has 1 aromatic rings. The highest BCUT2D eigenvalue weighted by Crippen LogP contribution is 2.38. The van der Waals surface area contributed by atoms with E-state index in [0.29, 0.717) is 17.2 Å². The van der Waals surface area contributed by atoms with Crippen LogP contribution in [0.25, 0.3) is 0 Å². The Balaban J connectivity index is 2.41. The lowest BCUT2D eigenvalue weighted by Gasteiger charge is -2.22. The van der Waals surface area contributed by atoms with Crippen LogP contribution in [-0.2, 0) is 0 Å². The van der Waals surface area contributed by atoms with Gasteiger partial charge in [0.05, 0.1) is 33.5 Å². The van der Waals surface area contributed by atoms with E-state index in [0.717, 1.165) is 19.3 Å². The number of hydrogen-bond donors (Lipinski definition) is 3. The van der Waals surface area contributed by atoms with Crippen molar-refractivity contribution in [2.75, 3.05) is 21.3 Å². The van der Waals surface area contributed by atoms with Crippen molar-refractivity contribution in [3.63, 3.8) is 0 Å². The third-order valence-electron chi connectivity index (χ3n) is 6.28. The fourth-order valence-electron chi connectivity index (χ4n) is 4.05. The standard InChI is InChI=1S/C28H47NO6/c1-5-6-7-8-9-10-11-12-13-14-15-16-17-18-22(30)25(29)27(32)26(31)21-19-23(33-2)28(35-4)24(20-21)34-3/h17-20,22,25,27,30,32H,5-16,29H2,1-4H3/b18-17+/t22-,25-,27?/m1/s1. The highest BCUT2D eigenvalue weighted by molar-refractivity contribution is 6.01. The minimum Gasteiger partial charge on any atom is -0.493 e. The van der Waals surface area contributed by atoms with Crippen molar-refractivity contribution in [2.45, 2.75) is 102 Å². The van der Waals surface area contributed by atoms with E-state index in [1.165, 1.54) is 91.2 Å². The molecule has 0 fully saturated rings. The number of benzene rings is 1. The predicted molar refractivity (Wildman–Crippen MR) is 141 cm³/mol. The van der Waals surface area contributed by atoms with Gasteiger partial charge in [0.25, 0.3) is 0 Å². The summed E-state index contributed by atoms with van der Waals surface area (Å²) in [4.78, 5) is 12.8. The summed E-state index contributed by atoms with van der Waals surface area (Å²) in [5, 5.41) is 20.8. The Bertz CT molecular complexity index is 726. The molecule has 0 aliphatic rings. The molecular formula is C28H47NO6. The maximum Gasteiger partial charge on any atom is 0.203 e. The Labute approximate surface area is 211 Å². The number of aliphatic hydroxyl groups is 2. The number of carbonyl (C=O) groups excluding carboxylic acids is 1. The van der Waals surface area contributed by atoms with E-state index >= 15 is 0 Å².